The Hall–Kier alpha value is -3.32. The number of hydrogen-bond acceptors (Lipinski definition) is 11. The van der Waals surface area contributed by atoms with Gasteiger partial charge in [0.15, 0.2) is 11.6 Å². The van der Waals surface area contributed by atoms with Gasteiger partial charge in [-0.2, -0.15) is 4.98 Å². The molecule has 4 rings (SSSR count). The van der Waals surface area contributed by atoms with Crippen molar-refractivity contribution in [2.45, 2.75) is 12.0 Å². The normalized spacial score (nSPS) is 21.0. The highest BCUT2D eigenvalue weighted by Gasteiger charge is 2.41. The van der Waals surface area contributed by atoms with Crippen molar-refractivity contribution in [2.24, 2.45) is 0 Å². The van der Waals surface area contributed by atoms with Gasteiger partial charge in [0, 0.05) is 44.1 Å². The number of nitrogen functional groups attached to an aromatic ring is 1. The van der Waals surface area contributed by atoms with Crippen LogP contribution in [-0.2, 0) is 9.47 Å². The quantitative estimate of drug-likeness (QED) is 0.571. The lowest BCUT2D eigenvalue weighted by Gasteiger charge is -2.31. The van der Waals surface area contributed by atoms with Gasteiger partial charge < -0.3 is 35.4 Å². The monoisotopic (exact) mass is 448 g/mol. The number of nitrogens with zero attached hydrogens (tertiary/aromatic N) is 6. The van der Waals surface area contributed by atoms with Crippen LogP contribution in [0.5, 0.6) is 0 Å². The number of anilines is 3. The number of methoxy groups -OCH3 is 1. The number of likely N-dealkylation sites (tertiary alicyclic amines) is 1. The first kappa shape index (κ1) is 21.9. The number of aromatic nitrogens is 4. The lowest BCUT2D eigenvalue weighted by molar-refractivity contribution is 0.122. The molecule has 0 aliphatic carbocycles. The molecule has 2 fully saturated rings. The van der Waals surface area contributed by atoms with Crippen LogP contribution in [-0.4, -0.2) is 94.7 Å². The van der Waals surface area contributed by atoms with Crippen LogP contribution >= 0.6 is 0 Å². The first-order chi connectivity index (χ1) is 15.4. The number of morpholine rings is 1. The summed E-state index contributed by atoms with van der Waals surface area (Å²) < 4.78 is 25.7. The summed E-state index contributed by atoms with van der Waals surface area (Å²) in [4.78, 5) is 31.9. The number of nitrogens with one attached hydrogen (secondary N) is 1. The van der Waals surface area contributed by atoms with E-state index in [-0.39, 0.29) is 30.6 Å². The highest BCUT2D eigenvalue weighted by Crippen LogP contribution is 2.32. The molecule has 2 aliphatic heterocycles. The molecule has 4 N–H and O–H groups in total. The van der Waals surface area contributed by atoms with Gasteiger partial charge in [0.2, 0.25) is 11.9 Å². The molecule has 0 spiro atoms. The molecule has 4 heterocycles. The molecule has 0 saturated carbocycles. The Labute approximate surface area is 183 Å². The molecular weight excluding hydrogens is 423 g/mol. The number of aliphatic hydroxyl groups is 1. The lowest BCUT2D eigenvalue weighted by atomic mass is 10.00. The van der Waals surface area contributed by atoms with Crippen molar-refractivity contribution in [3.8, 4) is 11.3 Å². The molecule has 2 saturated heterocycles. The smallest absolute Gasteiger partial charge is 0.409 e. The summed E-state index contributed by atoms with van der Waals surface area (Å²) in [6.45, 7) is 2.23. The van der Waals surface area contributed by atoms with Crippen LogP contribution in [0.2, 0.25) is 0 Å². The molecule has 0 unspecified atom stereocenters. The Bertz CT molecular complexity index is 973. The zero-order valence-electron chi connectivity index (χ0n) is 17.6. The van der Waals surface area contributed by atoms with Crippen molar-refractivity contribution in [1.82, 2.24) is 24.8 Å². The molecule has 2 aromatic heterocycles. The van der Waals surface area contributed by atoms with E-state index in [9.17, 15) is 9.90 Å². The largest absolute Gasteiger partial charge is 0.453 e. The van der Waals surface area contributed by atoms with E-state index in [4.69, 9.17) is 15.2 Å². The highest BCUT2D eigenvalue weighted by molar-refractivity contribution is 5.69. The predicted octanol–water partition coefficient (Wildman–Crippen LogP) is 0.107. The van der Waals surface area contributed by atoms with Gasteiger partial charge in [0.25, 0.3) is 0 Å². The summed E-state index contributed by atoms with van der Waals surface area (Å²) in [7, 11) is 1.29. The zero-order valence-corrected chi connectivity index (χ0v) is 17.6. The van der Waals surface area contributed by atoms with Crippen LogP contribution in [0.3, 0.4) is 0 Å². The third kappa shape index (κ3) is 4.34. The lowest BCUT2D eigenvalue weighted by Crippen LogP contribution is -2.46. The number of carbonyl (C=O) groups is 1. The molecule has 0 aromatic carbocycles. The van der Waals surface area contributed by atoms with Crippen molar-refractivity contribution in [3.63, 3.8) is 0 Å². The molecule has 0 bridgehead atoms. The van der Waals surface area contributed by atoms with Gasteiger partial charge in [-0.05, 0) is 6.42 Å². The van der Waals surface area contributed by atoms with Gasteiger partial charge in [-0.3, -0.25) is 0 Å². The van der Waals surface area contributed by atoms with E-state index in [0.717, 1.165) is 0 Å². The zero-order chi connectivity index (χ0) is 22.7. The fourth-order valence-corrected chi connectivity index (χ4v) is 3.75. The van der Waals surface area contributed by atoms with Crippen LogP contribution in [0.4, 0.5) is 26.9 Å². The molecule has 32 heavy (non-hydrogen) atoms. The van der Waals surface area contributed by atoms with E-state index in [0.29, 0.717) is 50.8 Å². The summed E-state index contributed by atoms with van der Waals surface area (Å²) in [5, 5.41) is 13.1. The van der Waals surface area contributed by atoms with Crippen molar-refractivity contribution >= 4 is 23.8 Å². The second kappa shape index (κ2) is 9.04. The number of carbonyl (C=O) groups excluding carboxylic acids is 1. The van der Waals surface area contributed by atoms with E-state index in [2.05, 4.69) is 25.3 Å². The highest BCUT2D eigenvalue weighted by atomic mass is 19.1. The number of ether oxygens (including phenoxy) is 2. The van der Waals surface area contributed by atoms with Crippen LogP contribution in [0, 0.1) is 5.82 Å². The van der Waals surface area contributed by atoms with Crippen molar-refractivity contribution in [1.29, 1.82) is 0 Å². The summed E-state index contributed by atoms with van der Waals surface area (Å²) in [5.74, 6) is -0.447. The average molecular weight is 448 g/mol. The van der Waals surface area contributed by atoms with Gasteiger partial charge in [0.1, 0.15) is 5.69 Å². The standard InChI is InChI=1S/C19H25FN8O4/c1-31-18(30)28-3-2-19(10-28,11-29)26-15-13(20)14(12-8-22-16(21)23-9-12)24-17(25-15)27-4-6-32-7-5-27/h8-9,29H,2-7,10-11H2,1H3,(H2,21,22,23)(H,24,25,26)/t19-/m0/s1. The molecule has 1 amide bonds. The number of hydrogen-bond donors (Lipinski definition) is 3. The second-order valence-corrected chi connectivity index (χ2v) is 7.67. The fourth-order valence-electron chi connectivity index (χ4n) is 3.75. The van der Waals surface area contributed by atoms with Gasteiger partial charge in [-0.1, -0.05) is 0 Å². The van der Waals surface area contributed by atoms with E-state index in [1.165, 1.54) is 24.4 Å². The number of aliphatic hydroxyl groups excluding tert-OH is 1. The maximum Gasteiger partial charge on any atom is 0.409 e. The Morgan fingerprint density at radius 3 is 2.69 bits per heavy atom. The minimum Gasteiger partial charge on any atom is -0.453 e. The van der Waals surface area contributed by atoms with E-state index < -0.39 is 17.4 Å². The molecule has 12 nitrogen and oxygen atoms in total. The van der Waals surface area contributed by atoms with E-state index in [1.807, 2.05) is 4.90 Å². The molecule has 0 radical (unpaired) electrons. The molecular formula is C19H25FN8O4. The Morgan fingerprint density at radius 2 is 2.03 bits per heavy atom. The summed E-state index contributed by atoms with van der Waals surface area (Å²) in [6.07, 6.45) is 2.64. The minimum atomic E-state index is -0.986. The van der Waals surface area contributed by atoms with Gasteiger partial charge in [-0.15, -0.1) is 0 Å². The molecule has 172 valence electrons. The summed E-state index contributed by atoms with van der Waals surface area (Å²) in [5.41, 5.74) is 4.90. The predicted molar refractivity (Wildman–Crippen MR) is 112 cm³/mol. The van der Waals surface area contributed by atoms with Gasteiger partial charge in [0.05, 0.1) is 32.5 Å². The number of rotatable bonds is 5. The number of amides is 1. The van der Waals surface area contributed by atoms with Crippen molar-refractivity contribution < 1.29 is 23.8 Å². The molecule has 1 atom stereocenters. The maximum absolute atomic E-state index is 15.6. The number of nitrogens with two attached hydrogens (primary N) is 1. The topological polar surface area (TPSA) is 152 Å². The van der Waals surface area contributed by atoms with Gasteiger partial charge in [-0.25, -0.2) is 24.1 Å². The first-order valence-corrected chi connectivity index (χ1v) is 10.1. The van der Waals surface area contributed by atoms with Crippen LogP contribution in [0.1, 0.15) is 6.42 Å². The minimum absolute atomic E-state index is 0.0000902. The van der Waals surface area contributed by atoms with Crippen LogP contribution in [0.15, 0.2) is 12.4 Å². The molecule has 2 aliphatic rings. The van der Waals surface area contributed by atoms with Crippen LogP contribution in [0.25, 0.3) is 11.3 Å². The Kier molecular flexibility index (Phi) is 6.19. The van der Waals surface area contributed by atoms with Crippen molar-refractivity contribution in [2.75, 3.05) is 69.1 Å². The van der Waals surface area contributed by atoms with E-state index >= 15 is 4.39 Å². The number of halogens is 1. The third-order valence-electron chi connectivity index (χ3n) is 5.55. The average Bonchev–Trinajstić information content (AvgIpc) is 3.26. The summed E-state index contributed by atoms with van der Waals surface area (Å²) in [6, 6.07) is 0. The molecule has 13 heteroatoms. The maximum atomic E-state index is 15.6. The fraction of sp³-hybridized carbons (Fsp3) is 0.526. The van der Waals surface area contributed by atoms with E-state index in [1.54, 1.807) is 0 Å². The Balaban J connectivity index is 1.72. The Morgan fingerprint density at radius 1 is 1.31 bits per heavy atom. The van der Waals surface area contributed by atoms with Crippen molar-refractivity contribution in [3.05, 3.63) is 18.2 Å². The van der Waals surface area contributed by atoms with Gasteiger partial charge >= 0.3 is 6.09 Å². The first-order valence-electron chi connectivity index (χ1n) is 10.1. The third-order valence-corrected chi connectivity index (χ3v) is 5.55. The summed E-state index contributed by atoms with van der Waals surface area (Å²) >= 11 is 0. The van der Waals surface area contributed by atoms with Crippen LogP contribution < -0.4 is 16.0 Å². The second-order valence-electron chi connectivity index (χ2n) is 7.67. The SMILES string of the molecule is COC(=O)N1CC[C@](CO)(Nc2nc(N3CCOCC3)nc(-c3cnc(N)nc3)c2F)C1. The molecule has 2 aromatic rings.